The van der Waals surface area contributed by atoms with Gasteiger partial charge in [-0.25, -0.2) is 4.58 Å². The second kappa shape index (κ2) is 4.32. The summed E-state index contributed by atoms with van der Waals surface area (Å²) in [7, 11) is 2.12. The molecule has 0 N–H and O–H groups in total. The highest BCUT2D eigenvalue weighted by atomic mass is 15.0. The van der Waals surface area contributed by atoms with Crippen molar-refractivity contribution in [1.82, 2.24) is 0 Å². The fraction of sp³-hybridized carbons (Fsp3) is 0.700. The van der Waals surface area contributed by atoms with Crippen LogP contribution in [0.2, 0.25) is 0 Å². The van der Waals surface area contributed by atoms with Crippen LogP contribution in [0.4, 0.5) is 0 Å². The predicted molar refractivity (Wildman–Crippen MR) is 51.1 cm³/mol. The fourth-order valence-corrected chi connectivity index (χ4v) is 0.859. The molecular weight excluding hydrogens is 134 g/mol. The number of rotatable bonds is 2. The van der Waals surface area contributed by atoms with Crippen LogP contribution in [0, 0.1) is 5.92 Å². The molecule has 0 aromatic rings. The van der Waals surface area contributed by atoms with E-state index in [9.17, 15) is 0 Å². The summed E-state index contributed by atoms with van der Waals surface area (Å²) >= 11 is 0. The molecule has 11 heavy (non-hydrogen) atoms. The number of nitrogens with zero attached hydrogens (tertiary/aromatic N) is 1. The van der Waals surface area contributed by atoms with Crippen LogP contribution in [0.25, 0.3) is 0 Å². The maximum absolute atomic E-state index is 2.24. The molecule has 0 aliphatic rings. The molecule has 0 amide bonds. The summed E-state index contributed by atoms with van der Waals surface area (Å²) in [6.07, 6.45) is 2.13. The lowest BCUT2D eigenvalue weighted by molar-refractivity contribution is -0.446. The Kier molecular flexibility index (Phi) is 4.09. The zero-order valence-electron chi connectivity index (χ0n) is 8.60. The van der Waals surface area contributed by atoms with Crippen molar-refractivity contribution < 1.29 is 4.58 Å². The lowest BCUT2D eigenvalue weighted by Crippen LogP contribution is -2.17. The molecule has 0 spiro atoms. The largest absolute Gasteiger partial charge is 0.207 e. The molecule has 0 aromatic heterocycles. The molecule has 0 atom stereocenters. The van der Waals surface area contributed by atoms with Crippen LogP contribution in [0.3, 0.4) is 0 Å². The van der Waals surface area contributed by atoms with E-state index in [2.05, 4.69) is 52.3 Å². The van der Waals surface area contributed by atoms with Gasteiger partial charge >= 0.3 is 0 Å². The van der Waals surface area contributed by atoms with E-state index in [4.69, 9.17) is 0 Å². The van der Waals surface area contributed by atoms with E-state index in [0.29, 0.717) is 5.92 Å². The standard InChI is InChI=1S/C10H20N/c1-7-9(4)11(6)10(5)8(2)3/h7-8H,1-6H3/q+1. The molecule has 0 bridgehead atoms. The lowest BCUT2D eigenvalue weighted by Gasteiger charge is -2.04. The minimum absolute atomic E-state index is 0.634. The van der Waals surface area contributed by atoms with Crippen LogP contribution in [0.15, 0.2) is 11.8 Å². The van der Waals surface area contributed by atoms with E-state index >= 15 is 0 Å². The molecule has 0 saturated heterocycles. The molecule has 1 heteroatoms. The molecule has 0 saturated carbocycles. The Hall–Kier alpha value is -0.590. The summed E-state index contributed by atoms with van der Waals surface area (Å²) in [5.41, 5.74) is 2.73. The van der Waals surface area contributed by atoms with Crippen LogP contribution in [0.1, 0.15) is 34.6 Å². The fourth-order valence-electron chi connectivity index (χ4n) is 0.859. The normalized spacial score (nSPS) is 15.4. The van der Waals surface area contributed by atoms with Crippen molar-refractivity contribution in [2.45, 2.75) is 34.6 Å². The van der Waals surface area contributed by atoms with Crippen LogP contribution >= 0.6 is 0 Å². The maximum Gasteiger partial charge on any atom is 0.173 e. The monoisotopic (exact) mass is 154 g/mol. The number of allylic oxidation sites excluding steroid dienone is 2. The average Bonchev–Trinajstić information content (AvgIpc) is 2.00. The van der Waals surface area contributed by atoms with Crippen molar-refractivity contribution in [3.05, 3.63) is 11.8 Å². The van der Waals surface area contributed by atoms with Crippen LogP contribution in [-0.4, -0.2) is 17.3 Å². The minimum atomic E-state index is 0.634. The Balaban J connectivity index is 4.67. The Morgan fingerprint density at radius 3 is 2.00 bits per heavy atom. The lowest BCUT2D eigenvalue weighted by atomic mass is 10.1. The number of hydrogen-bond acceptors (Lipinski definition) is 0. The van der Waals surface area contributed by atoms with E-state index in [1.165, 1.54) is 11.4 Å². The molecule has 0 aromatic carbocycles. The first kappa shape index (κ1) is 10.4. The zero-order chi connectivity index (χ0) is 9.02. The third-order valence-electron chi connectivity index (χ3n) is 2.31. The molecule has 0 unspecified atom stereocenters. The molecule has 1 nitrogen and oxygen atoms in total. The Morgan fingerprint density at radius 1 is 1.27 bits per heavy atom. The molecule has 0 aliphatic carbocycles. The quantitative estimate of drug-likeness (QED) is 0.425. The summed E-state index contributed by atoms with van der Waals surface area (Å²) in [5, 5.41) is 0. The molecule has 0 aliphatic heterocycles. The van der Waals surface area contributed by atoms with Gasteiger partial charge in [0.25, 0.3) is 0 Å². The van der Waals surface area contributed by atoms with Gasteiger partial charge in [-0.3, -0.25) is 0 Å². The molecule has 0 heterocycles. The third kappa shape index (κ3) is 2.87. The van der Waals surface area contributed by atoms with Gasteiger partial charge in [0.1, 0.15) is 7.05 Å². The van der Waals surface area contributed by atoms with Crippen LogP contribution in [-0.2, 0) is 0 Å². The predicted octanol–water partition coefficient (Wildman–Crippen LogP) is 2.67. The van der Waals surface area contributed by atoms with Crippen molar-refractivity contribution in [2.75, 3.05) is 7.05 Å². The van der Waals surface area contributed by atoms with Crippen LogP contribution in [0.5, 0.6) is 0 Å². The maximum atomic E-state index is 2.24. The topological polar surface area (TPSA) is 3.01 Å². The van der Waals surface area contributed by atoms with E-state index in [1.807, 2.05) is 0 Å². The SMILES string of the molecule is CC=C(C)[N+](C)=C(C)C(C)C. The highest BCUT2D eigenvalue weighted by Crippen LogP contribution is 2.00. The summed E-state index contributed by atoms with van der Waals surface area (Å²) in [6, 6.07) is 0. The van der Waals surface area contributed by atoms with Crippen LogP contribution < -0.4 is 0 Å². The van der Waals surface area contributed by atoms with Gasteiger partial charge in [-0.1, -0.05) is 13.8 Å². The molecule has 64 valence electrons. The summed E-state index contributed by atoms with van der Waals surface area (Å²) in [4.78, 5) is 0. The summed E-state index contributed by atoms with van der Waals surface area (Å²) in [6.45, 7) is 10.8. The van der Waals surface area contributed by atoms with E-state index < -0.39 is 0 Å². The second-order valence-electron chi connectivity index (χ2n) is 3.29. The second-order valence-corrected chi connectivity index (χ2v) is 3.29. The molecule has 0 fully saturated rings. The first-order valence-electron chi connectivity index (χ1n) is 4.20. The van der Waals surface area contributed by atoms with E-state index in [-0.39, 0.29) is 0 Å². The molecule has 0 radical (unpaired) electrons. The Morgan fingerprint density at radius 2 is 1.73 bits per heavy atom. The highest BCUT2D eigenvalue weighted by Gasteiger charge is 2.09. The van der Waals surface area contributed by atoms with Gasteiger partial charge in [0.05, 0.1) is 0 Å². The van der Waals surface area contributed by atoms with Gasteiger partial charge in [0, 0.05) is 19.8 Å². The van der Waals surface area contributed by atoms with Gasteiger partial charge in [-0.15, -0.1) is 0 Å². The summed E-state index contributed by atoms with van der Waals surface area (Å²) < 4.78 is 2.24. The number of hydrogen-bond donors (Lipinski definition) is 0. The van der Waals surface area contributed by atoms with Crippen molar-refractivity contribution in [3.8, 4) is 0 Å². The Labute approximate surface area is 70.4 Å². The summed E-state index contributed by atoms with van der Waals surface area (Å²) in [5.74, 6) is 0.634. The molecular formula is C10H20N+. The van der Waals surface area contributed by atoms with E-state index in [1.54, 1.807) is 0 Å². The van der Waals surface area contributed by atoms with Gasteiger partial charge in [0.2, 0.25) is 0 Å². The van der Waals surface area contributed by atoms with Crippen molar-refractivity contribution in [3.63, 3.8) is 0 Å². The third-order valence-corrected chi connectivity index (χ3v) is 2.31. The van der Waals surface area contributed by atoms with E-state index in [0.717, 1.165) is 0 Å². The Bertz CT molecular complexity index is 185. The van der Waals surface area contributed by atoms with Gasteiger partial charge in [0.15, 0.2) is 11.4 Å². The molecule has 0 rings (SSSR count). The van der Waals surface area contributed by atoms with Gasteiger partial charge in [-0.2, -0.15) is 0 Å². The van der Waals surface area contributed by atoms with Crippen molar-refractivity contribution in [2.24, 2.45) is 5.92 Å². The van der Waals surface area contributed by atoms with Crippen molar-refractivity contribution in [1.29, 1.82) is 0 Å². The smallest absolute Gasteiger partial charge is 0.173 e. The average molecular weight is 154 g/mol. The zero-order valence-corrected chi connectivity index (χ0v) is 8.60. The van der Waals surface area contributed by atoms with Gasteiger partial charge < -0.3 is 0 Å². The first-order valence-corrected chi connectivity index (χ1v) is 4.20. The van der Waals surface area contributed by atoms with Crippen molar-refractivity contribution >= 4 is 5.71 Å². The minimum Gasteiger partial charge on any atom is -0.207 e. The first-order chi connectivity index (χ1) is 5.00. The van der Waals surface area contributed by atoms with Gasteiger partial charge in [-0.05, 0) is 13.0 Å². The highest BCUT2D eigenvalue weighted by molar-refractivity contribution is 5.79.